The lowest BCUT2D eigenvalue weighted by atomic mass is 9.94. The van der Waals surface area contributed by atoms with Crippen LogP contribution in [0.4, 0.5) is 5.69 Å². The first-order valence-electron chi connectivity index (χ1n) is 6.72. The summed E-state index contributed by atoms with van der Waals surface area (Å²) in [5, 5.41) is 14.5. The molecule has 0 aliphatic rings. The highest BCUT2D eigenvalue weighted by atomic mass is 79.9. The summed E-state index contributed by atoms with van der Waals surface area (Å²) in [5.41, 5.74) is 0.690. The monoisotopic (exact) mass is 361 g/mol. The lowest BCUT2D eigenvalue weighted by Gasteiger charge is -2.22. The van der Waals surface area contributed by atoms with Crippen molar-refractivity contribution in [3.8, 4) is 0 Å². The fourth-order valence-corrected chi connectivity index (χ4v) is 2.49. The predicted molar refractivity (Wildman–Crippen MR) is 86.7 cm³/mol. The Hall–Kier alpha value is -1.97. The van der Waals surface area contributed by atoms with Gasteiger partial charge < -0.3 is 5.11 Å². The Morgan fingerprint density at radius 1 is 1.55 bits per heavy atom. The molecule has 0 saturated carbocycles. The molecule has 1 heterocycles. The van der Waals surface area contributed by atoms with Gasteiger partial charge in [-0.25, -0.2) is 4.85 Å². The number of hydrogen-bond donors (Lipinski definition) is 1. The van der Waals surface area contributed by atoms with Crippen LogP contribution in [0.1, 0.15) is 18.1 Å². The van der Waals surface area contributed by atoms with E-state index in [9.17, 15) is 9.90 Å². The lowest BCUT2D eigenvalue weighted by molar-refractivity contribution is -0.136. The number of ketones is 1. The average Bonchev–Trinajstić information content (AvgIpc) is 2.83. The predicted octanol–water partition coefficient (Wildman–Crippen LogP) is 3.07. The number of Topliss-reactive ketones (excluding diaryl/α,β-unsaturated/α-hetero) is 1. The number of aromatic nitrogens is 2. The van der Waals surface area contributed by atoms with E-state index in [0.29, 0.717) is 5.69 Å². The van der Waals surface area contributed by atoms with Crippen molar-refractivity contribution in [1.29, 1.82) is 0 Å². The molecular formula is C16H16BrN3O2. The van der Waals surface area contributed by atoms with Gasteiger partial charge in [-0.1, -0.05) is 18.2 Å². The molecule has 1 aromatic carbocycles. The van der Waals surface area contributed by atoms with Crippen LogP contribution < -0.4 is 0 Å². The lowest BCUT2D eigenvalue weighted by Crippen LogP contribution is -2.40. The molecule has 0 aliphatic heterocycles. The molecule has 2 rings (SSSR count). The van der Waals surface area contributed by atoms with Crippen LogP contribution in [0.15, 0.2) is 35.1 Å². The van der Waals surface area contributed by atoms with Crippen LogP contribution in [0.3, 0.4) is 0 Å². The first-order valence-corrected chi connectivity index (χ1v) is 7.52. The van der Waals surface area contributed by atoms with Gasteiger partial charge in [0, 0.05) is 12.6 Å². The third-order valence-corrected chi connectivity index (χ3v) is 3.83. The highest BCUT2D eigenvalue weighted by Gasteiger charge is 2.30. The zero-order chi connectivity index (χ0) is 16.3. The zero-order valence-corrected chi connectivity index (χ0v) is 14.0. The van der Waals surface area contributed by atoms with Gasteiger partial charge in [0.15, 0.2) is 11.5 Å². The van der Waals surface area contributed by atoms with Crippen LogP contribution in [0, 0.1) is 13.5 Å². The van der Waals surface area contributed by atoms with Crippen LogP contribution in [-0.2, 0) is 17.8 Å². The average molecular weight is 362 g/mol. The van der Waals surface area contributed by atoms with Gasteiger partial charge >= 0.3 is 0 Å². The molecule has 1 N–H and O–H groups in total. The van der Waals surface area contributed by atoms with Gasteiger partial charge in [0.2, 0.25) is 0 Å². The molecule has 0 amide bonds. The van der Waals surface area contributed by atoms with Crippen molar-refractivity contribution in [2.45, 2.75) is 32.4 Å². The normalized spacial score (nSPS) is 13.4. The third-order valence-electron chi connectivity index (χ3n) is 3.42. The summed E-state index contributed by atoms with van der Waals surface area (Å²) in [6, 6.07) is 5.26. The van der Waals surface area contributed by atoms with E-state index in [1.165, 1.54) is 11.6 Å². The van der Waals surface area contributed by atoms with E-state index in [-0.39, 0.29) is 18.7 Å². The molecule has 1 atom stereocenters. The van der Waals surface area contributed by atoms with Crippen LogP contribution in [0.2, 0.25) is 0 Å². The van der Waals surface area contributed by atoms with Crippen molar-refractivity contribution in [1.82, 2.24) is 9.78 Å². The molecule has 0 bridgehead atoms. The molecule has 0 saturated heterocycles. The molecule has 114 valence electrons. The van der Waals surface area contributed by atoms with Crippen molar-refractivity contribution < 1.29 is 9.90 Å². The van der Waals surface area contributed by atoms with Crippen molar-refractivity contribution in [2.24, 2.45) is 0 Å². The summed E-state index contributed by atoms with van der Waals surface area (Å²) in [4.78, 5) is 15.7. The molecule has 6 heteroatoms. The van der Waals surface area contributed by atoms with E-state index in [1.54, 1.807) is 24.5 Å². The Labute approximate surface area is 137 Å². The van der Waals surface area contributed by atoms with Gasteiger partial charge in [0.05, 0.1) is 23.8 Å². The Balaban J connectivity index is 2.10. The Kier molecular flexibility index (Phi) is 4.79. The standard InChI is InChI=1S/C16H16BrN3O2/c1-11-6-12(4-5-14(11)18-3)7-15(21)16(2,22)10-20-9-13(17)8-19-20/h4-6,8-9,22H,7,10H2,1-2H3/t16-/m0/s1. The van der Waals surface area contributed by atoms with Crippen molar-refractivity contribution >= 4 is 27.4 Å². The number of hydrogen-bond acceptors (Lipinski definition) is 3. The van der Waals surface area contributed by atoms with Gasteiger partial charge in [-0.15, -0.1) is 0 Å². The number of aliphatic hydroxyl groups is 1. The number of aryl methyl sites for hydroxylation is 1. The summed E-state index contributed by atoms with van der Waals surface area (Å²) < 4.78 is 2.32. The first-order chi connectivity index (χ1) is 10.3. The maximum Gasteiger partial charge on any atom is 0.190 e. The molecule has 0 aliphatic carbocycles. The van der Waals surface area contributed by atoms with Crippen molar-refractivity contribution in [3.63, 3.8) is 0 Å². The minimum Gasteiger partial charge on any atom is -0.380 e. The molecule has 0 unspecified atom stereocenters. The molecule has 0 fully saturated rings. The SMILES string of the molecule is [C-]#[N+]c1ccc(CC(=O)[C@@](C)(O)Cn2cc(Br)cn2)cc1C. The highest BCUT2D eigenvalue weighted by molar-refractivity contribution is 9.10. The van der Waals surface area contributed by atoms with Gasteiger partial charge in [-0.2, -0.15) is 5.10 Å². The topological polar surface area (TPSA) is 59.5 Å². The second-order valence-electron chi connectivity index (χ2n) is 5.46. The van der Waals surface area contributed by atoms with Crippen molar-refractivity contribution in [2.75, 3.05) is 0 Å². The second-order valence-corrected chi connectivity index (χ2v) is 6.38. The fraction of sp³-hybridized carbons (Fsp3) is 0.312. The van der Waals surface area contributed by atoms with E-state index in [0.717, 1.165) is 15.6 Å². The largest absolute Gasteiger partial charge is 0.380 e. The van der Waals surface area contributed by atoms with E-state index in [1.807, 2.05) is 13.0 Å². The van der Waals surface area contributed by atoms with Gasteiger partial charge in [-0.05, 0) is 40.9 Å². The van der Waals surface area contributed by atoms with Crippen LogP contribution in [-0.4, -0.2) is 26.3 Å². The maximum absolute atomic E-state index is 12.3. The Morgan fingerprint density at radius 2 is 2.27 bits per heavy atom. The minimum atomic E-state index is -1.50. The minimum absolute atomic E-state index is 0.0938. The molecular weight excluding hydrogens is 346 g/mol. The van der Waals surface area contributed by atoms with Crippen molar-refractivity contribution in [3.05, 3.63) is 57.6 Å². The number of nitrogens with zero attached hydrogens (tertiary/aromatic N) is 3. The fourth-order valence-electron chi connectivity index (χ4n) is 2.16. The maximum atomic E-state index is 12.3. The number of carbonyl (C=O) groups excluding carboxylic acids is 1. The van der Waals surface area contributed by atoms with Gasteiger partial charge in [-0.3, -0.25) is 9.48 Å². The van der Waals surface area contributed by atoms with Crippen LogP contribution >= 0.6 is 15.9 Å². The molecule has 22 heavy (non-hydrogen) atoms. The summed E-state index contributed by atoms with van der Waals surface area (Å²) in [6.45, 7) is 10.4. The zero-order valence-electron chi connectivity index (χ0n) is 12.4. The van der Waals surface area contributed by atoms with Gasteiger partial charge in [0.1, 0.15) is 5.60 Å². The molecule has 0 radical (unpaired) electrons. The summed E-state index contributed by atoms with van der Waals surface area (Å²) in [6.07, 6.45) is 3.43. The van der Waals surface area contributed by atoms with E-state index >= 15 is 0 Å². The highest BCUT2D eigenvalue weighted by Crippen LogP contribution is 2.21. The Morgan fingerprint density at radius 3 is 2.82 bits per heavy atom. The number of rotatable bonds is 5. The second kappa shape index (κ2) is 6.42. The smallest absolute Gasteiger partial charge is 0.190 e. The van der Waals surface area contributed by atoms with Crippen LogP contribution in [0.5, 0.6) is 0 Å². The number of benzene rings is 1. The summed E-state index contributed by atoms with van der Waals surface area (Å²) >= 11 is 3.28. The van der Waals surface area contributed by atoms with E-state index in [2.05, 4.69) is 25.9 Å². The quantitative estimate of drug-likeness (QED) is 0.832. The first kappa shape index (κ1) is 16.4. The van der Waals surface area contributed by atoms with E-state index in [4.69, 9.17) is 6.57 Å². The molecule has 1 aromatic heterocycles. The van der Waals surface area contributed by atoms with Crippen LogP contribution in [0.25, 0.3) is 4.85 Å². The number of halogens is 1. The third kappa shape index (κ3) is 3.81. The molecule has 0 spiro atoms. The molecule has 2 aromatic rings. The molecule has 5 nitrogen and oxygen atoms in total. The Bertz CT molecular complexity index is 744. The van der Waals surface area contributed by atoms with E-state index < -0.39 is 5.60 Å². The summed E-state index contributed by atoms with van der Waals surface area (Å²) in [7, 11) is 0. The van der Waals surface area contributed by atoms with Gasteiger partial charge in [0.25, 0.3) is 0 Å². The summed E-state index contributed by atoms with van der Waals surface area (Å²) in [5.74, 6) is -0.283. The number of carbonyl (C=O) groups is 1.